The fourth-order valence-electron chi connectivity index (χ4n) is 2.89. The number of pyridine rings is 1. The van der Waals surface area contributed by atoms with Crippen molar-refractivity contribution in [3.8, 4) is 11.4 Å². The number of carbonyl (C=O) groups excluding carboxylic acids is 1. The normalized spacial score (nSPS) is 25.3. The number of rotatable bonds is 4. The van der Waals surface area contributed by atoms with Crippen LogP contribution in [0.5, 0.6) is 0 Å². The van der Waals surface area contributed by atoms with Crippen LogP contribution in [0.4, 0.5) is 13.2 Å². The average molecular weight is 369 g/mol. The van der Waals surface area contributed by atoms with Crippen LogP contribution in [0.15, 0.2) is 22.9 Å². The number of hydrogen-bond donors (Lipinski definition) is 2. The smallest absolute Gasteiger partial charge is 0.369 e. The molecule has 4 rings (SSSR count). The average Bonchev–Trinajstić information content (AvgIpc) is 3.03. The molecular weight excluding hydrogens is 355 g/mol. The van der Waals surface area contributed by atoms with Gasteiger partial charge < -0.3 is 19.9 Å². The van der Waals surface area contributed by atoms with Crippen LogP contribution < -0.4 is 10.6 Å². The molecule has 2 aliphatic rings. The quantitative estimate of drug-likeness (QED) is 0.825. The maximum absolute atomic E-state index is 12.5. The molecule has 138 valence electrons. The van der Waals surface area contributed by atoms with Gasteiger partial charge in [-0.25, -0.2) is 0 Å². The third kappa shape index (κ3) is 3.27. The van der Waals surface area contributed by atoms with E-state index in [4.69, 9.17) is 4.74 Å². The number of morpholine rings is 1. The first-order chi connectivity index (χ1) is 12.4. The molecule has 1 aliphatic carbocycles. The van der Waals surface area contributed by atoms with Crippen LogP contribution in [0.2, 0.25) is 0 Å². The number of ether oxygens (including phenoxy) is 1. The summed E-state index contributed by atoms with van der Waals surface area (Å²) in [7, 11) is 0. The van der Waals surface area contributed by atoms with Crippen LogP contribution in [-0.4, -0.2) is 45.8 Å². The van der Waals surface area contributed by atoms with Crippen molar-refractivity contribution in [2.75, 3.05) is 13.2 Å². The molecule has 1 saturated carbocycles. The van der Waals surface area contributed by atoms with Crippen LogP contribution in [0.3, 0.4) is 0 Å². The Balaban J connectivity index is 1.35. The molecule has 2 N–H and O–H groups in total. The van der Waals surface area contributed by atoms with Crippen molar-refractivity contribution in [3.05, 3.63) is 29.9 Å². The van der Waals surface area contributed by atoms with Gasteiger partial charge in [0.05, 0.1) is 17.8 Å². The van der Waals surface area contributed by atoms with E-state index >= 15 is 0 Å². The van der Waals surface area contributed by atoms with Gasteiger partial charge in [0, 0.05) is 24.3 Å². The number of carbonyl (C=O) groups is 1. The highest BCUT2D eigenvalue weighted by molar-refractivity contribution is 5.79. The first-order valence-electron chi connectivity index (χ1n) is 7.84. The summed E-state index contributed by atoms with van der Waals surface area (Å²) in [6.45, 7) is 1.01. The fourth-order valence-corrected chi connectivity index (χ4v) is 2.89. The number of hydrogen-bond acceptors (Lipinski definition) is 7. The lowest BCUT2D eigenvalue weighted by molar-refractivity contribution is -0.159. The van der Waals surface area contributed by atoms with Gasteiger partial charge in [0.25, 0.3) is 0 Å². The summed E-state index contributed by atoms with van der Waals surface area (Å²) in [5, 5.41) is 9.53. The molecule has 3 heterocycles. The molecule has 1 aliphatic heterocycles. The molecule has 8 nitrogen and oxygen atoms in total. The van der Waals surface area contributed by atoms with E-state index in [1.807, 2.05) is 0 Å². The monoisotopic (exact) mass is 369 g/mol. The third-order valence-electron chi connectivity index (χ3n) is 4.34. The van der Waals surface area contributed by atoms with Gasteiger partial charge in [-0.3, -0.25) is 9.78 Å². The molecule has 2 aromatic rings. The van der Waals surface area contributed by atoms with Gasteiger partial charge in [-0.05, 0) is 18.6 Å². The van der Waals surface area contributed by atoms with E-state index in [0.717, 1.165) is 6.42 Å². The van der Waals surface area contributed by atoms with Crippen LogP contribution in [0.25, 0.3) is 11.4 Å². The molecule has 1 amide bonds. The Labute approximate surface area is 145 Å². The molecule has 11 heteroatoms. The molecule has 0 bridgehead atoms. The van der Waals surface area contributed by atoms with Crippen LogP contribution in [0.1, 0.15) is 18.0 Å². The summed E-state index contributed by atoms with van der Waals surface area (Å²) >= 11 is 0. The summed E-state index contributed by atoms with van der Waals surface area (Å²) in [6, 6.07) is 3.33. The number of nitrogens with zero attached hydrogens (tertiary/aromatic N) is 3. The Morgan fingerprint density at radius 2 is 2.23 bits per heavy atom. The standard InChI is InChI=1S/C15H14F3N5O3/c16-15(17,18)13-21-12(23-26-13)8-1-2-9(19-4-8)5-20-10-3-14(10)7-25-6-11(24)22-14/h1-2,4,10,20H,3,5-7H2,(H,22,24)/t10-,14?/m0/s1. The van der Waals surface area contributed by atoms with E-state index in [1.54, 1.807) is 12.1 Å². The number of nitrogens with one attached hydrogen (secondary N) is 2. The highest BCUT2D eigenvalue weighted by Crippen LogP contribution is 2.38. The van der Waals surface area contributed by atoms with Gasteiger partial charge in [-0.1, -0.05) is 5.16 Å². The number of halogens is 3. The summed E-state index contributed by atoms with van der Waals surface area (Å²) in [4.78, 5) is 18.9. The van der Waals surface area contributed by atoms with Gasteiger partial charge in [0.2, 0.25) is 11.7 Å². The predicted octanol–water partition coefficient (Wildman–Crippen LogP) is 0.897. The van der Waals surface area contributed by atoms with Gasteiger partial charge in [0.15, 0.2) is 0 Å². The Bertz CT molecular complexity index is 823. The minimum absolute atomic E-state index is 0.0869. The molecule has 1 spiro atoms. The summed E-state index contributed by atoms with van der Waals surface area (Å²) in [5.41, 5.74) is 0.677. The largest absolute Gasteiger partial charge is 0.471 e. The zero-order valence-corrected chi connectivity index (χ0v) is 13.3. The first kappa shape index (κ1) is 16.9. The van der Waals surface area contributed by atoms with E-state index in [0.29, 0.717) is 24.4 Å². The number of amides is 1. The van der Waals surface area contributed by atoms with Crippen molar-refractivity contribution in [2.45, 2.75) is 30.7 Å². The maximum Gasteiger partial charge on any atom is 0.471 e. The molecule has 1 unspecified atom stereocenters. The lowest BCUT2D eigenvalue weighted by Crippen LogP contribution is -2.51. The fraction of sp³-hybridized carbons (Fsp3) is 0.467. The third-order valence-corrected chi connectivity index (χ3v) is 4.34. The zero-order valence-electron chi connectivity index (χ0n) is 13.3. The second-order valence-electron chi connectivity index (χ2n) is 6.29. The Kier molecular flexibility index (Phi) is 3.92. The van der Waals surface area contributed by atoms with Gasteiger partial charge >= 0.3 is 12.1 Å². The van der Waals surface area contributed by atoms with E-state index in [1.165, 1.54) is 6.20 Å². The molecule has 0 aromatic carbocycles. The topological polar surface area (TPSA) is 102 Å². The summed E-state index contributed by atoms with van der Waals surface area (Å²) in [6.07, 6.45) is -2.52. The Hall–Kier alpha value is -2.53. The second kappa shape index (κ2) is 6.02. The predicted molar refractivity (Wildman–Crippen MR) is 79.5 cm³/mol. The molecule has 1 saturated heterocycles. The Morgan fingerprint density at radius 3 is 2.88 bits per heavy atom. The number of alkyl halides is 3. The van der Waals surface area contributed by atoms with Crippen molar-refractivity contribution in [3.63, 3.8) is 0 Å². The molecular formula is C15H14F3N5O3. The Morgan fingerprint density at radius 1 is 1.38 bits per heavy atom. The van der Waals surface area contributed by atoms with Crippen molar-refractivity contribution in [1.82, 2.24) is 25.8 Å². The highest BCUT2D eigenvalue weighted by Gasteiger charge is 2.56. The van der Waals surface area contributed by atoms with E-state index < -0.39 is 12.1 Å². The summed E-state index contributed by atoms with van der Waals surface area (Å²) in [5.74, 6) is -1.69. The lowest BCUT2D eigenvalue weighted by atomic mass is 10.2. The van der Waals surface area contributed by atoms with Crippen LogP contribution in [-0.2, 0) is 22.3 Å². The van der Waals surface area contributed by atoms with E-state index in [9.17, 15) is 18.0 Å². The van der Waals surface area contributed by atoms with Crippen molar-refractivity contribution in [2.24, 2.45) is 0 Å². The molecule has 2 aromatic heterocycles. The van der Waals surface area contributed by atoms with Crippen LogP contribution >= 0.6 is 0 Å². The van der Waals surface area contributed by atoms with E-state index in [-0.39, 0.29) is 29.9 Å². The molecule has 26 heavy (non-hydrogen) atoms. The van der Waals surface area contributed by atoms with Gasteiger partial charge in [0.1, 0.15) is 6.61 Å². The number of aromatic nitrogens is 3. The van der Waals surface area contributed by atoms with Crippen LogP contribution in [0, 0.1) is 0 Å². The second-order valence-corrected chi connectivity index (χ2v) is 6.29. The minimum Gasteiger partial charge on any atom is -0.369 e. The van der Waals surface area contributed by atoms with Gasteiger partial charge in [-0.2, -0.15) is 18.2 Å². The van der Waals surface area contributed by atoms with Crippen molar-refractivity contribution >= 4 is 5.91 Å². The maximum atomic E-state index is 12.5. The first-order valence-corrected chi connectivity index (χ1v) is 7.84. The highest BCUT2D eigenvalue weighted by atomic mass is 19.4. The van der Waals surface area contributed by atoms with Gasteiger partial charge in [-0.15, -0.1) is 0 Å². The molecule has 2 atom stereocenters. The lowest BCUT2D eigenvalue weighted by Gasteiger charge is -2.24. The van der Waals surface area contributed by atoms with Crippen molar-refractivity contribution < 1.29 is 27.2 Å². The SMILES string of the molecule is O=C1COCC2(C[C@@H]2NCc2ccc(-c3noc(C(F)(F)F)n3)cn2)N1. The zero-order chi connectivity index (χ0) is 18.4. The van der Waals surface area contributed by atoms with Crippen molar-refractivity contribution in [1.29, 1.82) is 0 Å². The van der Waals surface area contributed by atoms with E-state index in [2.05, 4.69) is 30.3 Å². The minimum atomic E-state index is -4.68. The molecule has 0 radical (unpaired) electrons. The molecule has 2 fully saturated rings. The summed E-state index contributed by atoms with van der Waals surface area (Å²) < 4.78 is 46.9.